The summed E-state index contributed by atoms with van der Waals surface area (Å²) in [6.07, 6.45) is 3.57. The number of hydrogen-bond donors (Lipinski definition) is 2. The molecule has 1 aromatic rings. The van der Waals surface area contributed by atoms with Crippen LogP contribution in [-0.4, -0.2) is 11.9 Å². The van der Waals surface area contributed by atoms with Gasteiger partial charge in [-0.05, 0) is 30.5 Å². The molecule has 0 bridgehead atoms. The van der Waals surface area contributed by atoms with Gasteiger partial charge in [0.05, 0.1) is 12.1 Å². The standard InChI is InChI=1S/C15H23ClN2O/c1-3-5-9-13(17)15(19)18-14(4-2)11-7-6-8-12(16)10-11/h6-8,10,13-14H,3-5,9,17H2,1-2H3,(H,18,19)/t13-,14?/m0/s1. The van der Waals surface area contributed by atoms with Crippen LogP contribution in [0.1, 0.15) is 51.1 Å². The van der Waals surface area contributed by atoms with E-state index >= 15 is 0 Å². The first kappa shape index (κ1) is 16.0. The second kappa shape index (κ2) is 8.18. The van der Waals surface area contributed by atoms with Crippen molar-refractivity contribution in [3.63, 3.8) is 0 Å². The number of benzene rings is 1. The molecule has 0 heterocycles. The van der Waals surface area contributed by atoms with Crippen LogP contribution in [0.5, 0.6) is 0 Å². The molecule has 0 aromatic heterocycles. The smallest absolute Gasteiger partial charge is 0.237 e. The minimum absolute atomic E-state index is 0.0288. The predicted molar refractivity (Wildman–Crippen MR) is 80.1 cm³/mol. The number of hydrogen-bond acceptors (Lipinski definition) is 2. The van der Waals surface area contributed by atoms with Crippen molar-refractivity contribution in [3.05, 3.63) is 34.9 Å². The molecule has 3 nitrogen and oxygen atoms in total. The number of halogens is 1. The SMILES string of the molecule is CCCC[C@H](N)C(=O)NC(CC)c1cccc(Cl)c1. The Morgan fingerprint density at radius 2 is 2.16 bits per heavy atom. The Hall–Kier alpha value is -1.06. The summed E-state index contributed by atoms with van der Waals surface area (Å²) >= 11 is 5.98. The molecule has 1 unspecified atom stereocenters. The van der Waals surface area contributed by atoms with E-state index in [2.05, 4.69) is 12.2 Å². The number of unbranched alkanes of at least 4 members (excludes halogenated alkanes) is 1. The fourth-order valence-corrected chi connectivity index (χ4v) is 2.18. The highest BCUT2D eigenvalue weighted by Crippen LogP contribution is 2.20. The van der Waals surface area contributed by atoms with E-state index in [0.717, 1.165) is 31.2 Å². The van der Waals surface area contributed by atoms with Gasteiger partial charge in [0.15, 0.2) is 0 Å². The molecule has 0 radical (unpaired) electrons. The van der Waals surface area contributed by atoms with E-state index in [1.165, 1.54) is 0 Å². The van der Waals surface area contributed by atoms with Crippen LogP contribution < -0.4 is 11.1 Å². The van der Waals surface area contributed by atoms with Gasteiger partial charge in [0.1, 0.15) is 0 Å². The van der Waals surface area contributed by atoms with Gasteiger partial charge >= 0.3 is 0 Å². The van der Waals surface area contributed by atoms with Gasteiger partial charge in [-0.25, -0.2) is 0 Å². The van der Waals surface area contributed by atoms with Crippen LogP contribution in [0.25, 0.3) is 0 Å². The lowest BCUT2D eigenvalue weighted by molar-refractivity contribution is -0.123. The van der Waals surface area contributed by atoms with E-state index in [0.29, 0.717) is 5.02 Å². The minimum Gasteiger partial charge on any atom is -0.348 e. The number of rotatable bonds is 7. The van der Waals surface area contributed by atoms with Crippen LogP contribution in [0, 0.1) is 0 Å². The van der Waals surface area contributed by atoms with Crippen LogP contribution in [0.4, 0.5) is 0 Å². The topological polar surface area (TPSA) is 55.1 Å². The third-order valence-corrected chi connectivity index (χ3v) is 3.42. The molecule has 2 atom stereocenters. The summed E-state index contributed by atoms with van der Waals surface area (Å²) in [7, 11) is 0. The molecule has 106 valence electrons. The largest absolute Gasteiger partial charge is 0.348 e. The minimum atomic E-state index is -0.423. The normalized spacial score (nSPS) is 13.9. The molecule has 0 saturated heterocycles. The van der Waals surface area contributed by atoms with Gasteiger partial charge in [0, 0.05) is 5.02 Å². The highest BCUT2D eigenvalue weighted by molar-refractivity contribution is 6.30. The van der Waals surface area contributed by atoms with Crippen molar-refractivity contribution in [2.45, 2.75) is 51.6 Å². The van der Waals surface area contributed by atoms with Crippen molar-refractivity contribution >= 4 is 17.5 Å². The summed E-state index contributed by atoms with van der Waals surface area (Å²) in [4.78, 5) is 12.0. The lowest BCUT2D eigenvalue weighted by Crippen LogP contribution is -2.42. The Morgan fingerprint density at radius 1 is 1.42 bits per heavy atom. The monoisotopic (exact) mass is 282 g/mol. The first-order valence-corrected chi connectivity index (χ1v) is 7.27. The Bertz CT molecular complexity index is 409. The number of nitrogens with one attached hydrogen (secondary N) is 1. The van der Waals surface area contributed by atoms with Gasteiger partial charge in [-0.15, -0.1) is 0 Å². The number of nitrogens with two attached hydrogens (primary N) is 1. The molecule has 0 saturated carbocycles. The van der Waals surface area contributed by atoms with Crippen LogP contribution in [0.3, 0.4) is 0 Å². The summed E-state index contributed by atoms with van der Waals surface area (Å²) in [5.41, 5.74) is 6.90. The molecule has 0 aliphatic heterocycles. The highest BCUT2D eigenvalue weighted by atomic mass is 35.5. The van der Waals surface area contributed by atoms with Crippen LogP contribution in [-0.2, 0) is 4.79 Å². The zero-order valence-corrected chi connectivity index (χ0v) is 12.4. The molecule has 0 spiro atoms. The Balaban J connectivity index is 2.64. The number of carbonyl (C=O) groups excluding carboxylic acids is 1. The predicted octanol–water partition coefficient (Wildman–Crippen LogP) is 3.42. The van der Waals surface area contributed by atoms with Crippen LogP contribution in [0.15, 0.2) is 24.3 Å². The Morgan fingerprint density at radius 3 is 2.74 bits per heavy atom. The second-order valence-corrected chi connectivity index (χ2v) is 5.21. The van der Waals surface area contributed by atoms with Crippen molar-refractivity contribution in [1.82, 2.24) is 5.32 Å². The molecule has 0 fully saturated rings. The highest BCUT2D eigenvalue weighted by Gasteiger charge is 2.17. The summed E-state index contributed by atoms with van der Waals surface area (Å²) in [5.74, 6) is -0.0831. The van der Waals surface area contributed by atoms with E-state index in [1.807, 2.05) is 31.2 Å². The molecule has 0 aliphatic rings. The summed E-state index contributed by atoms with van der Waals surface area (Å²) in [6, 6.07) is 7.12. The molecule has 19 heavy (non-hydrogen) atoms. The molecular formula is C15H23ClN2O. The van der Waals surface area contributed by atoms with Crippen molar-refractivity contribution in [1.29, 1.82) is 0 Å². The summed E-state index contributed by atoms with van der Waals surface area (Å²) in [6.45, 7) is 4.12. The lowest BCUT2D eigenvalue weighted by atomic mass is 10.0. The maximum Gasteiger partial charge on any atom is 0.237 e. The zero-order chi connectivity index (χ0) is 14.3. The molecule has 3 N–H and O–H groups in total. The van der Waals surface area contributed by atoms with Crippen molar-refractivity contribution in [2.24, 2.45) is 5.73 Å². The maximum atomic E-state index is 12.0. The van der Waals surface area contributed by atoms with Gasteiger partial charge in [-0.3, -0.25) is 4.79 Å². The summed E-state index contributed by atoms with van der Waals surface area (Å²) in [5, 5.41) is 3.68. The van der Waals surface area contributed by atoms with Crippen LogP contribution in [0.2, 0.25) is 5.02 Å². The van der Waals surface area contributed by atoms with E-state index < -0.39 is 6.04 Å². The van der Waals surface area contributed by atoms with Crippen molar-refractivity contribution < 1.29 is 4.79 Å². The number of amides is 1. The van der Waals surface area contributed by atoms with Crippen molar-refractivity contribution in [3.8, 4) is 0 Å². The lowest BCUT2D eigenvalue weighted by Gasteiger charge is -2.20. The molecule has 4 heteroatoms. The average molecular weight is 283 g/mol. The van der Waals surface area contributed by atoms with Crippen LogP contribution >= 0.6 is 11.6 Å². The van der Waals surface area contributed by atoms with Gasteiger partial charge in [0.2, 0.25) is 5.91 Å². The average Bonchev–Trinajstić information content (AvgIpc) is 2.41. The molecule has 1 aromatic carbocycles. The zero-order valence-electron chi connectivity index (χ0n) is 11.7. The van der Waals surface area contributed by atoms with E-state index in [1.54, 1.807) is 0 Å². The molecule has 1 amide bonds. The maximum absolute atomic E-state index is 12.0. The first-order valence-electron chi connectivity index (χ1n) is 6.89. The Kier molecular flexibility index (Phi) is 6.89. The molecular weight excluding hydrogens is 260 g/mol. The van der Waals surface area contributed by atoms with E-state index in [9.17, 15) is 4.79 Å². The quantitative estimate of drug-likeness (QED) is 0.805. The molecule has 0 aliphatic carbocycles. The first-order chi connectivity index (χ1) is 9.08. The van der Waals surface area contributed by atoms with Gasteiger partial charge < -0.3 is 11.1 Å². The van der Waals surface area contributed by atoms with Gasteiger partial charge in [-0.2, -0.15) is 0 Å². The van der Waals surface area contributed by atoms with Gasteiger partial charge in [0.25, 0.3) is 0 Å². The second-order valence-electron chi connectivity index (χ2n) is 4.77. The Labute approximate surface area is 120 Å². The fraction of sp³-hybridized carbons (Fsp3) is 0.533. The molecule has 1 rings (SSSR count). The van der Waals surface area contributed by atoms with E-state index in [-0.39, 0.29) is 11.9 Å². The summed E-state index contributed by atoms with van der Waals surface area (Å²) < 4.78 is 0. The number of carbonyl (C=O) groups is 1. The van der Waals surface area contributed by atoms with Crippen molar-refractivity contribution in [2.75, 3.05) is 0 Å². The third kappa shape index (κ3) is 5.21. The third-order valence-electron chi connectivity index (χ3n) is 3.18. The van der Waals surface area contributed by atoms with Gasteiger partial charge in [-0.1, -0.05) is 50.4 Å². The van der Waals surface area contributed by atoms with E-state index in [4.69, 9.17) is 17.3 Å². The fourth-order valence-electron chi connectivity index (χ4n) is 1.98.